The Balaban J connectivity index is 1.18. The van der Waals surface area contributed by atoms with Crippen molar-refractivity contribution in [1.29, 1.82) is 0 Å². The first-order chi connectivity index (χ1) is 25.3. The molecule has 4 aromatic carbocycles. The van der Waals surface area contributed by atoms with Gasteiger partial charge in [-0.2, -0.15) is 0 Å². The second kappa shape index (κ2) is 17.9. The summed E-state index contributed by atoms with van der Waals surface area (Å²) in [5.74, 6) is 5.73. The molecule has 0 atom stereocenters. The molecule has 52 heavy (non-hydrogen) atoms. The monoisotopic (exact) mass is 700 g/mol. The fourth-order valence-corrected chi connectivity index (χ4v) is 5.31. The van der Waals surface area contributed by atoms with Crippen LogP contribution < -0.4 is 18.9 Å². The Kier molecular flexibility index (Phi) is 12.6. The summed E-state index contributed by atoms with van der Waals surface area (Å²) < 4.78 is 32.6. The van der Waals surface area contributed by atoms with Crippen molar-refractivity contribution in [3.8, 4) is 46.0 Å². The van der Waals surface area contributed by atoms with Gasteiger partial charge in [-0.1, -0.05) is 31.2 Å². The smallest absolute Gasteiger partial charge is 0.343 e. The first kappa shape index (κ1) is 36.7. The van der Waals surface area contributed by atoms with Gasteiger partial charge in [0, 0.05) is 25.0 Å². The Morgan fingerprint density at radius 2 is 1.00 bits per heavy atom. The molecule has 0 saturated carbocycles. The predicted octanol–water partition coefficient (Wildman–Crippen LogP) is 7.26. The number of hydrogen-bond donors (Lipinski definition) is 0. The minimum Gasteiger partial charge on any atom is -0.493 e. The largest absolute Gasteiger partial charge is 0.493 e. The summed E-state index contributed by atoms with van der Waals surface area (Å²) in [6.07, 6.45) is 3.23. The number of benzene rings is 4. The minimum atomic E-state index is -0.531. The zero-order chi connectivity index (χ0) is 36.9. The van der Waals surface area contributed by atoms with Crippen molar-refractivity contribution >= 4 is 23.9 Å². The van der Waals surface area contributed by atoms with Gasteiger partial charge in [0.05, 0.1) is 43.5 Å². The van der Waals surface area contributed by atoms with E-state index < -0.39 is 23.9 Å². The lowest BCUT2D eigenvalue weighted by atomic mass is 9.97. The van der Waals surface area contributed by atoms with Crippen LogP contribution in [-0.2, 0) is 19.1 Å². The molecule has 0 aromatic heterocycles. The molecule has 0 bridgehead atoms. The van der Waals surface area contributed by atoms with Crippen molar-refractivity contribution in [3.63, 3.8) is 0 Å². The fourth-order valence-electron chi connectivity index (χ4n) is 5.31. The van der Waals surface area contributed by atoms with Crippen LogP contribution in [-0.4, -0.2) is 50.3 Å². The quantitative estimate of drug-likeness (QED) is 0.0388. The standard InChI is InChI=1S/C42H36O10/c1-4-9-34-37-26-32(51-41(45)28-10-14-30(15-11-28)47-22-7-24-49-39(43)5-2)18-20-35(37)36-21-19-33(27-38(34)36)52-42(46)29-12-16-31(17-13-29)48-23-8-25-50-40(44)6-3/h5-6,10-21,26-27,34H,2-3,7-8,22-25H2,1H3. The van der Waals surface area contributed by atoms with Crippen LogP contribution in [0.5, 0.6) is 23.0 Å². The lowest BCUT2D eigenvalue weighted by Crippen LogP contribution is -2.09. The summed E-state index contributed by atoms with van der Waals surface area (Å²) in [5, 5.41) is 0. The Morgan fingerprint density at radius 1 is 0.596 bits per heavy atom. The van der Waals surface area contributed by atoms with Crippen LogP contribution in [0, 0.1) is 11.8 Å². The third-order valence-electron chi connectivity index (χ3n) is 7.78. The normalized spacial score (nSPS) is 11.1. The van der Waals surface area contributed by atoms with Crippen molar-refractivity contribution in [3.05, 3.63) is 132 Å². The van der Waals surface area contributed by atoms with E-state index in [0.29, 0.717) is 60.2 Å². The van der Waals surface area contributed by atoms with Gasteiger partial charge >= 0.3 is 23.9 Å². The van der Waals surface area contributed by atoms with E-state index in [4.69, 9.17) is 28.4 Å². The van der Waals surface area contributed by atoms with Crippen molar-refractivity contribution < 1.29 is 47.6 Å². The van der Waals surface area contributed by atoms with Gasteiger partial charge < -0.3 is 28.4 Å². The topological polar surface area (TPSA) is 124 Å². The number of rotatable bonds is 16. The highest BCUT2D eigenvalue weighted by Gasteiger charge is 2.29. The van der Waals surface area contributed by atoms with Gasteiger partial charge in [-0.25, -0.2) is 19.2 Å². The Labute approximate surface area is 301 Å². The minimum absolute atomic E-state index is 0.217. The van der Waals surface area contributed by atoms with E-state index in [-0.39, 0.29) is 19.1 Å². The molecule has 10 nitrogen and oxygen atoms in total. The number of carbonyl (C=O) groups excluding carboxylic acids is 4. The van der Waals surface area contributed by atoms with E-state index in [1.165, 1.54) is 0 Å². The number of esters is 4. The van der Waals surface area contributed by atoms with Gasteiger partial charge in [-0.05, 0) is 102 Å². The molecule has 4 aromatic rings. The molecule has 0 amide bonds. The van der Waals surface area contributed by atoms with E-state index in [9.17, 15) is 19.2 Å². The molecule has 1 aliphatic carbocycles. The third kappa shape index (κ3) is 9.55. The third-order valence-corrected chi connectivity index (χ3v) is 7.78. The maximum Gasteiger partial charge on any atom is 0.343 e. The summed E-state index contributed by atoms with van der Waals surface area (Å²) in [4.78, 5) is 48.2. The van der Waals surface area contributed by atoms with Gasteiger partial charge in [0.1, 0.15) is 23.0 Å². The predicted molar refractivity (Wildman–Crippen MR) is 193 cm³/mol. The van der Waals surface area contributed by atoms with E-state index in [0.717, 1.165) is 34.4 Å². The lowest BCUT2D eigenvalue weighted by molar-refractivity contribution is -0.138. The van der Waals surface area contributed by atoms with Crippen LogP contribution in [0.15, 0.2) is 110 Å². The van der Waals surface area contributed by atoms with Crippen molar-refractivity contribution in [1.82, 2.24) is 0 Å². The molecular formula is C42H36O10. The first-order valence-corrected chi connectivity index (χ1v) is 16.5. The maximum absolute atomic E-state index is 13.0. The molecule has 0 N–H and O–H groups in total. The van der Waals surface area contributed by atoms with Gasteiger partial charge in [0.2, 0.25) is 0 Å². The highest BCUT2D eigenvalue weighted by Crippen LogP contribution is 2.47. The summed E-state index contributed by atoms with van der Waals surface area (Å²) in [6, 6.07) is 24.0. The second-order valence-corrected chi connectivity index (χ2v) is 11.3. The van der Waals surface area contributed by atoms with E-state index >= 15 is 0 Å². The van der Waals surface area contributed by atoms with Crippen molar-refractivity contribution in [2.45, 2.75) is 25.7 Å². The number of ether oxygens (including phenoxy) is 6. The van der Waals surface area contributed by atoms with Crippen LogP contribution in [0.3, 0.4) is 0 Å². The van der Waals surface area contributed by atoms with Crippen LogP contribution in [0.4, 0.5) is 0 Å². The molecule has 0 spiro atoms. The molecule has 0 heterocycles. The van der Waals surface area contributed by atoms with Crippen molar-refractivity contribution in [2.75, 3.05) is 26.4 Å². The molecule has 1 aliphatic rings. The molecule has 0 unspecified atom stereocenters. The highest BCUT2D eigenvalue weighted by molar-refractivity contribution is 5.92. The molecule has 0 aliphatic heterocycles. The number of fused-ring (bicyclic) bond motifs is 3. The Hall–Kier alpha value is -6.60. The number of hydrogen-bond acceptors (Lipinski definition) is 10. The van der Waals surface area contributed by atoms with Crippen LogP contribution in [0.25, 0.3) is 11.1 Å². The van der Waals surface area contributed by atoms with Gasteiger partial charge in [-0.3, -0.25) is 0 Å². The molecule has 0 radical (unpaired) electrons. The molecule has 264 valence electrons. The molecule has 0 saturated heterocycles. The maximum atomic E-state index is 13.0. The summed E-state index contributed by atoms with van der Waals surface area (Å²) in [6.45, 7) is 9.56. The molecule has 10 heteroatoms. The van der Waals surface area contributed by atoms with Gasteiger partial charge in [-0.15, -0.1) is 5.92 Å². The zero-order valence-corrected chi connectivity index (χ0v) is 28.6. The highest BCUT2D eigenvalue weighted by atomic mass is 16.5. The van der Waals surface area contributed by atoms with Crippen LogP contribution in [0.1, 0.15) is 57.5 Å². The SMILES string of the molecule is C=CC(=O)OCCCOc1ccc(C(=O)Oc2ccc3c(c2)C(C#CC)c2cc(OC(=O)c4ccc(OCCCOC(=O)C=C)cc4)ccc2-3)cc1. The molecule has 0 fully saturated rings. The van der Waals surface area contributed by atoms with Gasteiger partial charge in [0.25, 0.3) is 0 Å². The van der Waals surface area contributed by atoms with E-state index in [1.54, 1.807) is 67.6 Å². The average Bonchev–Trinajstić information content (AvgIpc) is 3.46. The Morgan fingerprint density at radius 3 is 1.38 bits per heavy atom. The van der Waals surface area contributed by atoms with Crippen molar-refractivity contribution in [2.24, 2.45) is 0 Å². The molecule has 5 rings (SSSR count). The average molecular weight is 701 g/mol. The summed E-state index contributed by atoms with van der Waals surface area (Å²) in [7, 11) is 0. The Bertz CT molecular complexity index is 1880. The van der Waals surface area contributed by atoms with E-state index in [1.807, 2.05) is 24.3 Å². The lowest BCUT2D eigenvalue weighted by Gasteiger charge is -2.11. The summed E-state index contributed by atoms with van der Waals surface area (Å²) in [5.41, 5.74) is 4.31. The van der Waals surface area contributed by atoms with E-state index in [2.05, 4.69) is 25.0 Å². The zero-order valence-electron chi connectivity index (χ0n) is 28.6. The second-order valence-electron chi connectivity index (χ2n) is 11.3. The molecular weight excluding hydrogens is 664 g/mol. The summed E-state index contributed by atoms with van der Waals surface area (Å²) >= 11 is 0. The first-order valence-electron chi connectivity index (χ1n) is 16.5. The number of carbonyl (C=O) groups is 4. The van der Waals surface area contributed by atoms with Crippen LogP contribution in [0.2, 0.25) is 0 Å². The fraction of sp³-hybridized carbons (Fsp3) is 0.190. The van der Waals surface area contributed by atoms with Crippen LogP contribution >= 0.6 is 0 Å². The van der Waals surface area contributed by atoms with Gasteiger partial charge in [0.15, 0.2) is 0 Å².